The Hall–Kier alpha value is -2.12. The fourth-order valence-corrected chi connectivity index (χ4v) is 4.55. The van der Waals surface area contributed by atoms with Gasteiger partial charge in [-0.15, -0.1) is 0 Å². The second-order valence-electron chi connectivity index (χ2n) is 7.65. The van der Waals surface area contributed by atoms with Gasteiger partial charge >= 0.3 is 0 Å². The van der Waals surface area contributed by atoms with Crippen LogP contribution in [0.15, 0.2) is 28.7 Å². The predicted molar refractivity (Wildman–Crippen MR) is 99.6 cm³/mol. The normalized spacial score (nSPS) is 31.0. The monoisotopic (exact) mass is 371 g/mol. The molecule has 4 atom stereocenters. The first-order chi connectivity index (χ1) is 13.3. The Morgan fingerprint density at radius 3 is 2.85 bits per heavy atom. The van der Waals surface area contributed by atoms with Crippen molar-refractivity contribution in [3.63, 3.8) is 0 Å². The molecule has 7 heteroatoms. The number of oxazole rings is 1. The fraction of sp³-hybridized carbons (Fsp3) is 0.600. The predicted octanol–water partition coefficient (Wildman–Crippen LogP) is 2.25. The average Bonchev–Trinajstić information content (AvgIpc) is 3.34. The smallest absolute Gasteiger partial charge is 0.299 e. The van der Waals surface area contributed by atoms with Gasteiger partial charge in [-0.2, -0.15) is 4.98 Å². The van der Waals surface area contributed by atoms with Crippen LogP contribution in [0.25, 0.3) is 11.1 Å². The molecule has 1 aromatic carbocycles. The Bertz CT molecular complexity index is 789. The number of nitrogens with one attached hydrogen (secondary N) is 1. The lowest BCUT2D eigenvalue weighted by atomic mass is 9.89. The molecule has 144 valence electrons. The van der Waals surface area contributed by atoms with Crippen LogP contribution in [-0.4, -0.2) is 54.9 Å². The maximum atomic E-state index is 13.0. The Balaban J connectivity index is 1.26. The van der Waals surface area contributed by atoms with Crippen LogP contribution in [0.2, 0.25) is 0 Å². The van der Waals surface area contributed by atoms with Gasteiger partial charge < -0.3 is 24.1 Å². The molecular weight excluding hydrogens is 346 g/mol. The molecule has 1 amide bonds. The van der Waals surface area contributed by atoms with E-state index in [9.17, 15) is 4.79 Å². The number of carbonyl (C=O) groups excluding carboxylic acids is 1. The minimum Gasteiger partial charge on any atom is -0.423 e. The fourth-order valence-electron chi connectivity index (χ4n) is 4.55. The first-order valence-corrected chi connectivity index (χ1v) is 9.94. The van der Waals surface area contributed by atoms with Gasteiger partial charge in [0.1, 0.15) is 11.6 Å². The van der Waals surface area contributed by atoms with Crippen LogP contribution in [0, 0.1) is 0 Å². The number of hydrogen-bond donors (Lipinski definition) is 1. The van der Waals surface area contributed by atoms with E-state index in [0.717, 1.165) is 49.7 Å². The Morgan fingerprint density at radius 2 is 1.96 bits per heavy atom. The average molecular weight is 371 g/mol. The topological polar surface area (TPSA) is 76.8 Å². The molecule has 1 aliphatic carbocycles. The number of carbonyl (C=O) groups is 1. The Morgan fingerprint density at radius 1 is 1.11 bits per heavy atom. The lowest BCUT2D eigenvalue weighted by molar-refractivity contribution is -0.158. The highest BCUT2D eigenvalue weighted by Crippen LogP contribution is 2.30. The van der Waals surface area contributed by atoms with Gasteiger partial charge in [0.2, 0.25) is 5.91 Å². The highest BCUT2D eigenvalue weighted by molar-refractivity contribution is 5.86. The first-order valence-electron chi connectivity index (χ1n) is 9.94. The maximum absolute atomic E-state index is 13.0. The van der Waals surface area contributed by atoms with E-state index in [-0.39, 0.29) is 30.2 Å². The second kappa shape index (κ2) is 7.13. The van der Waals surface area contributed by atoms with E-state index in [2.05, 4.69) is 10.3 Å². The van der Waals surface area contributed by atoms with E-state index in [1.54, 1.807) is 0 Å². The Labute approximate surface area is 158 Å². The van der Waals surface area contributed by atoms with Gasteiger partial charge in [0.25, 0.3) is 6.01 Å². The van der Waals surface area contributed by atoms with Crippen LogP contribution in [0.5, 0.6) is 0 Å². The quantitative estimate of drug-likeness (QED) is 0.892. The summed E-state index contributed by atoms with van der Waals surface area (Å²) in [7, 11) is 0. The molecule has 2 aromatic rings. The summed E-state index contributed by atoms with van der Waals surface area (Å²) in [5, 5.41) is 3.24. The van der Waals surface area contributed by atoms with Gasteiger partial charge in [-0.25, -0.2) is 0 Å². The van der Waals surface area contributed by atoms with E-state index in [1.165, 1.54) is 0 Å². The van der Waals surface area contributed by atoms with E-state index in [0.29, 0.717) is 19.2 Å². The SMILES string of the molecule is O=C(NC1CCC2OCCOC2C1)C1CCCN1c1nc2ccccc2o1. The van der Waals surface area contributed by atoms with Crippen molar-refractivity contribution in [1.29, 1.82) is 0 Å². The minimum absolute atomic E-state index is 0.0648. The van der Waals surface area contributed by atoms with Gasteiger partial charge in [0.05, 0.1) is 25.4 Å². The van der Waals surface area contributed by atoms with Crippen LogP contribution >= 0.6 is 0 Å². The zero-order chi connectivity index (χ0) is 18.2. The van der Waals surface area contributed by atoms with Crippen molar-refractivity contribution in [3.05, 3.63) is 24.3 Å². The molecular formula is C20H25N3O4. The van der Waals surface area contributed by atoms with Gasteiger partial charge in [-0.05, 0) is 44.2 Å². The third-order valence-corrected chi connectivity index (χ3v) is 5.91. The van der Waals surface area contributed by atoms with Crippen molar-refractivity contribution in [2.75, 3.05) is 24.7 Å². The number of ether oxygens (including phenoxy) is 2. The summed E-state index contributed by atoms with van der Waals surface area (Å²) < 4.78 is 17.5. The van der Waals surface area contributed by atoms with Gasteiger partial charge in [-0.1, -0.05) is 12.1 Å². The largest absolute Gasteiger partial charge is 0.423 e. The number of benzene rings is 1. The number of aromatic nitrogens is 1. The summed E-state index contributed by atoms with van der Waals surface area (Å²) in [6.45, 7) is 2.12. The van der Waals surface area contributed by atoms with Crippen LogP contribution in [0.3, 0.4) is 0 Å². The number of rotatable bonds is 3. The minimum atomic E-state index is -0.223. The molecule has 0 bridgehead atoms. The van der Waals surface area contributed by atoms with Crippen LogP contribution in [-0.2, 0) is 14.3 Å². The second-order valence-corrected chi connectivity index (χ2v) is 7.65. The third kappa shape index (κ3) is 3.30. The number of nitrogens with zero attached hydrogens (tertiary/aromatic N) is 2. The molecule has 4 unspecified atom stereocenters. The highest BCUT2D eigenvalue weighted by Gasteiger charge is 2.38. The molecule has 1 saturated carbocycles. The molecule has 1 N–H and O–H groups in total. The summed E-state index contributed by atoms with van der Waals surface area (Å²) in [5.74, 6) is 0.0648. The zero-order valence-corrected chi connectivity index (χ0v) is 15.3. The van der Waals surface area contributed by atoms with Crippen LogP contribution < -0.4 is 10.2 Å². The number of fused-ring (bicyclic) bond motifs is 2. The summed E-state index contributed by atoms with van der Waals surface area (Å²) in [5.41, 5.74) is 1.58. The molecule has 0 spiro atoms. The number of anilines is 1. The molecule has 3 heterocycles. The molecule has 2 aliphatic heterocycles. The first kappa shape index (κ1) is 17.0. The lowest BCUT2D eigenvalue weighted by Gasteiger charge is -2.39. The van der Waals surface area contributed by atoms with Crippen LogP contribution in [0.1, 0.15) is 32.1 Å². The lowest BCUT2D eigenvalue weighted by Crippen LogP contribution is -2.52. The van der Waals surface area contributed by atoms with E-state index in [1.807, 2.05) is 29.2 Å². The molecule has 2 saturated heterocycles. The van der Waals surface area contributed by atoms with Crippen molar-refractivity contribution in [2.45, 2.75) is 56.4 Å². The van der Waals surface area contributed by atoms with Crippen molar-refractivity contribution < 1.29 is 18.7 Å². The Kier molecular flexibility index (Phi) is 4.49. The van der Waals surface area contributed by atoms with Crippen molar-refractivity contribution in [2.24, 2.45) is 0 Å². The molecule has 5 rings (SSSR count). The van der Waals surface area contributed by atoms with Crippen LogP contribution in [0.4, 0.5) is 6.01 Å². The van der Waals surface area contributed by atoms with Gasteiger partial charge in [0.15, 0.2) is 5.58 Å². The summed E-state index contributed by atoms with van der Waals surface area (Å²) in [6.07, 6.45) is 4.78. The highest BCUT2D eigenvalue weighted by atomic mass is 16.6. The zero-order valence-electron chi connectivity index (χ0n) is 15.3. The number of amides is 1. The summed E-state index contributed by atoms with van der Waals surface area (Å²) >= 11 is 0. The van der Waals surface area contributed by atoms with E-state index < -0.39 is 0 Å². The molecule has 1 aromatic heterocycles. The summed E-state index contributed by atoms with van der Waals surface area (Å²) in [4.78, 5) is 19.6. The van der Waals surface area contributed by atoms with Crippen molar-refractivity contribution in [1.82, 2.24) is 10.3 Å². The molecule has 27 heavy (non-hydrogen) atoms. The van der Waals surface area contributed by atoms with Crippen molar-refractivity contribution in [3.8, 4) is 0 Å². The standard InChI is InChI=1S/C20H25N3O4/c24-19(21-13-7-8-17-18(12-13)26-11-10-25-17)15-5-3-9-23(15)20-22-14-4-1-2-6-16(14)27-20/h1-2,4,6,13,15,17-18H,3,5,7-12H2,(H,21,24). The number of hydrogen-bond acceptors (Lipinski definition) is 6. The third-order valence-electron chi connectivity index (χ3n) is 5.91. The van der Waals surface area contributed by atoms with E-state index >= 15 is 0 Å². The van der Waals surface area contributed by atoms with Gasteiger partial charge in [-0.3, -0.25) is 4.79 Å². The molecule has 3 fully saturated rings. The number of para-hydroxylation sites is 2. The maximum Gasteiger partial charge on any atom is 0.299 e. The molecule has 0 radical (unpaired) electrons. The molecule has 7 nitrogen and oxygen atoms in total. The summed E-state index contributed by atoms with van der Waals surface area (Å²) in [6, 6.07) is 8.17. The van der Waals surface area contributed by atoms with E-state index in [4.69, 9.17) is 13.9 Å². The molecule has 3 aliphatic rings. The van der Waals surface area contributed by atoms with Crippen molar-refractivity contribution >= 4 is 23.0 Å². The van der Waals surface area contributed by atoms with Gasteiger partial charge in [0, 0.05) is 12.6 Å².